The number of carbonyl (C=O) groups is 2. The van der Waals surface area contributed by atoms with Crippen LogP contribution in [0.3, 0.4) is 0 Å². The van der Waals surface area contributed by atoms with Crippen molar-refractivity contribution in [2.75, 3.05) is 20.0 Å². The van der Waals surface area contributed by atoms with Crippen molar-refractivity contribution in [1.29, 1.82) is 0 Å². The number of unbranched alkanes of at least 4 members (excludes halogenated alkanes) is 1. The molecule has 0 bridgehead atoms. The van der Waals surface area contributed by atoms with Crippen molar-refractivity contribution in [3.05, 3.63) is 42.5 Å². The molecule has 0 amide bonds. The zero-order valence-electron chi connectivity index (χ0n) is 12.2. The molecule has 0 saturated carbocycles. The smallest absolute Gasteiger partial charge is 0.330 e. The fourth-order valence-corrected chi connectivity index (χ4v) is 1.49. The number of ketones is 1. The van der Waals surface area contributed by atoms with Crippen molar-refractivity contribution in [1.82, 2.24) is 0 Å². The molecule has 5 heteroatoms. The summed E-state index contributed by atoms with van der Waals surface area (Å²) in [7, 11) is 0. The number of hydrogen-bond donors (Lipinski definition) is 0. The number of ether oxygens (including phenoxy) is 3. The Bertz CT molecular complexity index is 464. The first-order valence-corrected chi connectivity index (χ1v) is 6.74. The van der Waals surface area contributed by atoms with Crippen LogP contribution in [0.5, 0.6) is 5.75 Å². The highest BCUT2D eigenvalue weighted by Crippen LogP contribution is 2.12. The Kier molecular flexibility index (Phi) is 7.82. The van der Waals surface area contributed by atoms with E-state index in [0.717, 1.165) is 18.9 Å². The lowest BCUT2D eigenvalue weighted by molar-refractivity contribution is -0.137. The van der Waals surface area contributed by atoms with Crippen molar-refractivity contribution in [2.24, 2.45) is 0 Å². The first-order chi connectivity index (χ1) is 10.1. The summed E-state index contributed by atoms with van der Waals surface area (Å²) in [5.41, 5.74) is 0.650. The molecule has 0 N–H and O–H groups in total. The maximum Gasteiger partial charge on any atom is 0.330 e. The summed E-state index contributed by atoms with van der Waals surface area (Å²) in [6.07, 6.45) is 2.64. The van der Waals surface area contributed by atoms with Gasteiger partial charge in [0, 0.05) is 11.6 Å². The van der Waals surface area contributed by atoms with Gasteiger partial charge >= 0.3 is 5.97 Å². The lowest BCUT2D eigenvalue weighted by Crippen LogP contribution is -2.06. The van der Waals surface area contributed by atoms with Gasteiger partial charge in [-0.25, -0.2) is 4.79 Å². The van der Waals surface area contributed by atoms with E-state index in [1.54, 1.807) is 24.3 Å². The molecule has 0 unspecified atom stereocenters. The Labute approximate surface area is 124 Å². The minimum atomic E-state index is -0.409. The van der Waals surface area contributed by atoms with Crippen LogP contribution in [-0.4, -0.2) is 31.8 Å². The normalized spacial score (nSPS) is 9.95. The average Bonchev–Trinajstić information content (AvgIpc) is 2.50. The summed E-state index contributed by atoms with van der Waals surface area (Å²) in [5.74, 6) is 0.267. The van der Waals surface area contributed by atoms with Crippen LogP contribution in [0.4, 0.5) is 0 Å². The maximum atomic E-state index is 11.1. The fraction of sp³-hybridized carbons (Fsp3) is 0.375. The summed E-state index contributed by atoms with van der Waals surface area (Å²) in [6, 6.07) is 6.89. The minimum Gasteiger partial charge on any atom is -0.468 e. The predicted octanol–water partition coefficient (Wildman–Crippen LogP) is 2.75. The highest BCUT2D eigenvalue weighted by Gasteiger charge is 1.99. The zero-order chi connectivity index (χ0) is 15.5. The minimum absolute atomic E-state index is 0.0231. The molecule has 0 heterocycles. The van der Waals surface area contributed by atoms with Crippen LogP contribution in [0, 0.1) is 0 Å². The van der Waals surface area contributed by atoms with Gasteiger partial charge in [0.25, 0.3) is 0 Å². The van der Waals surface area contributed by atoms with E-state index in [9.17, 15) is 9.59 Å². The molecular formula is C16H20O5. The van der Waals surface area contributed by atoms with E-state index in [4.69, 9.17) is 14.2 Å². The Hall–Kier alpha value is -2.14. The van der Waals surface area contributed by atoms with Crippen molar-refractivity contribution < 1.29 is 23.8 Å². The number of esters is 1. The first kappa shape index (κ1) is 16.9. The lowest BCUT2D eigenvalue weighted by atomic mass is 10.1. The second kappa shape index (κ2) is 9.72. The zero-order valence-corrected chi connectivity index (χ0v) is 12.2. The SMILES string of the molecule is C=CC(=O)OCCCCOCOc1ccc(C(C)=O)cc1. The molecule has 114 valence electrons. The third-order valence-corrected chi connectivity index (χ3v) is 2.66. The van der Waals surface area contributed by atoms with Crippen molar-refractivity contribution in [3.8, 4) is 5.75 Å². The molecule has 1 aromatic carbocycles. The summed E-state index contributed by atoms with van der Waals surface area (Å²) >= 11 is 0. The molecule has 1 rings (SSSR count). The largest absolute Gasteiger partial charge is 0.468 e. The van der Waals surface area contributed by atoms with Crippen LogP contribution in [-0.2, 0) is 14.3 Å². The molecule has 5 nitrogen and oxygen atoms in total. The first-order valence-electron chi connectivity index (χ1n) is 6.74. The van der Waals surface area contributed by atoms with Crippen LogP contribution < -0.4 is 4.74 Å². The van der Waals surface area contributed by atoms with Gasteiger partial charge in [-0.3, -0.25) is 4.79 Å². The van der Waals surface area contributed by atoms with Gasteiger partial charge in [-0.2, -0.15) is 0 Å². The van der Waals surface area contributed by atoms with E-state index in [0.29, 0.717) is 24.5 Å². The third-order valence-electron chi connectivity index (χ3n) is 2.66. The second-order valence-electron chi connectivity index (χ2n) is 4.33. The molecule has 1 aromatic rings. The highest BCUT2D eigenvalue weighted by atomic mass is 16.7. The maximum absolute atomic E-state index is 11.1. The standard InChI is InChI=1S/C16H20O5/c1-3-16(18)20-11-5-4-10-19-12-21-15-8-6-14(7-9-15)13(2)17/h3,6-9H,1,4-5,10-12H2,2H3. The Morgan fingerprint density at radius 3 is 2.43 bits per heavy atom. The van der Waals surface area contributed by atoms with Crippen molar-refractivity contribution >= 4 is 11.8 Å². The van der Waals surface area contributed by atoms with E-state index < -0.39 is 5.97 Å². The van der Waals surface area contributed by atoms with Gasteiger partial charge in [0.1, 0.15) is 5.75 Å². The van der Waals surface area contributed by atoms with Gasteiger partial charge in [0.15, 0.2) is 12.6 Å². The van der Waals surface area contributed by atoms with Crippen LogP contribution in [0.15, 0.2) is 36.9 Å². The van der Waals surface area contributed by atoms with E-state index in [2.05, 4.69) is 6.58 Å². The molecule has 0 aliphatic rings. The number of rotatable bonds is 10. The monoisotopic (exact) mass is 292 g/mol. The van der Waals surface area contributed by atoms with Gasteiger partial charge in [-0.15, -0.1) is 0 Å². The number of benzene rings is 1. The summed E-state index contributed by atoms with van der Waals surface area (Å²) in [4.78, 5) is 21.9. The Balaban J connectivity index is 2.05. The number of hydrogen-bond acceptors (Lipinski definition) is 5. The van der Waals surface area contributed by atoms with Crippen LogP contribution >= 0.6 is 0 Å². The van der Waals surface area contributed by atoms with Crippen LogP contribution in [0.1, 0.15) is 30.1 Å². The van der Waals surface area contributed by atoms with E-state index in [-0.39, 0.29) is 12.6 Å². The quantitative estimate of drug-likeness (QED) is 0.218. The van der Waals surface area contributed by atoms with Crippen molar-refractivity contribution in [2.45, 2.75) is 19.8 Å². The van der Waals surface area contributed by atoms with Gasteiger partial charge < -0.3 is 14.2 Å². The summed E-state index contributed by atoms with van der Waals surface area (Å²) in [5, 5.41) is 0. The topological polar surface area (TPSA) is 61.8 Å². The fourth-order valence-electron chi connectivity index (χ4n) is 1.49. The average molecular weight is 292 g/mol. The van der Waals surface area contributed by atoms with E-state index >= 15 is 0 Å². The molecule has 21 heavy (non-hydrogen) atoms. The van der Waals surface area contributed by atoms with Gasteiger partial charge in [-0.1, -0.05) is 6.58 Å². The predicted molar refractivity (Wildman–Crippen MR) is 78.3 cm³/mol. The third kappa shape index (κ3) is 7.27. The molecule has 0 aliphatic heterocycles. The van der Waals surface area contributed by atoms with E-state index in [1.165, 1.54) is 6.92 Å². The molecule has 0 saturated heterocycles. The Morgan fingerprint density at radius 1 is 1.14 bits per heavy atom. The Morgan fingerprint density at radius 2 is 1.81 bits per heavy atom. The van der Waals surface area contributed by atoms with Gasteiger partial charge in [-0.05, 0) is 44.0 Å². The summed E-state index contributed by atoms with van der Waals surface area (Å²) < 4.78 is 15.5. The molecule has 0 radical (unpaired) electrons. The number of Topliss-reactive ketones (excluding diaryl/α,β-unsaturated/α-hetero) is 1. The number of carbonyl (C=O) groups excluding carboxylic acids is 2. The summed E-state index contributed by atoms with van der Waals surface area (Å²) in [6.45, 7) is 5.86. The van der Waals surface area contributed by atoms with Crippen molar-refractivity contribution in [3.63, 3.8) is 0 Å². The molecule has 0 atom stereocenters. The van der Waals surface area contributed by atoms with Gasteiger partial charge in [0.05, 0.1) is 13.2 Å². The highest BCUT2D eigenvalue weighted by molar-refractivity contribution is 5.94. The molecular weight excluding hydrogens is 272 g/mol. The molecule has 0 aromatic heterocycles. The second-order valence-corrected chi connectivity index (χ2v) is 4.33. The van der Waals surface area contributed by atoms with Gasteiger partial charge in [0.2, 0.25) is 0 Å². The lowest BCUT2D eigenvalue weighted by Gasteiger charge is -2.07. The molecule has 0 fully saturated rings. The van der Waals surface area contributed by atoms with Crippen LogP contribution in [0.2, 0.25) is 0 Å². The van der Waals surface area contributed by atoms with Crippen LogP contribution in [0.25, 0.3) is 0 Å². The molecule has 0 aliphatic carbocycles. The van der Waals surface area contributed by atoms with E-state index in [1.807, 2.05) is 0 Å². The molecule has 0 spiro atoms.